The van der Waals surface area contributed by atoms with Crippen LogP contribution in [0.5, 0.6) is 0 Å². The zero-order valence-electron chi connectivity index (χ0n) is 17.7. The summed E-state index contributed by atoms with van der Waals surface area (Å²) in [5.41, 5.74) is 2.41. The van der Waals surface area contributed by atoms with Crippen LogP contribution in [0.25, 0.3) is 0 Å². The Labute approximate surface area is 186 Å². The van der Waals surface area contributed by atoms with Gasteiger partial charge in [0, 0.05) is 49.2 Å². The number of benzene rings is 1. The number of hydrogen-bond acceptors (Lipinski definition) is 6. The van der Waals surface area contributed by atoms with E-state index in [4.69, 9.17) is 26.1 Å². The van der Waals surface area contributed by atoms with Crippen LogP contribution < -0.4 is 5.32 Å². The molecular weight excluding hydrogens is 419 g/mol. The lowest BCUT2D eigenvalue weighted by molar-refractivity contribution is 0.0414. The number of nitrogens with zero attached hydrogens (tertiary/aromatic N) is 3. The smallest absolute Gasteiger partial charge is 0.152 e. The van der Waals surface area contributed by atoms with Crippen LogP contribution in [0.4, 0.5) is 4.39 Å². The van der Waals surface area contributed by atoms with E-state index in [9.17, 15) is 4.39 Å². The predicted molar refractivity (Wildman–Crippen MR) is 119 cm³/mol. The van der Waals surface area contributed by atoms with Crippen molar-refractivity contribution < 1.29 is 13.9 Å². The molecule has 1 aromatic heterocycles. The highest BCUT2D eigenvalue weighted by Crippen LogP contribution is 2.39. The Morgan fingerprint density at radius 3 is 2.74 bits per heavy atom. The molecule has 0 amide bonds. The number of aromatic nitrogens is 1. The average molecular weight is 445 g/mol. The van der Waals surface area contributed by atoms with E-state index in [2.05, 4.69) is 15.2 Å². The number of morpholine rings is 1. The highest BCUT2D eigenvalue weighted by Gasteiger charge is 2.38. The van der Waals surface area contributed by atoms with Gasteiger partial charge in [-0.15, -0.1) is 0 Å². The third kappa shape index (κ3) is 4.80. The molecule has 0 spiro atoms. The molecule has 3 heterocycles. The van der Waals surface area contributed by atoms with Crippen LogP contribution in [-0.2, 0) is 15.0 Å². The fraction of sp³-hybridized carbons (Fsp3) is 0.391. The first-order valence-electron chi connectivity index (χ1n) is 10.3. The van der Waals surface area contributed by atoms with E-state index in [0.717, 1.165) is 24.4 Å². The van der Waals surface area contributed by atoms with Crippen molar-refractivity contribution in [2.24, 2.45) is 4.99 Å². The molecule has 164 valence electrons. The van der Waals surface area contributed by atoms with E-state index < -0.39 is 11.4 Å². The van der Waals surface area contributed by atoms with Crippen molar-refractivity contribution in [1.82, 2.24) is 15.2 Å². The lowest BCUT2D eigenvalue weighted by Gasteiger charge is -2.38. The number of ether oxygens (including phenoxy) is 2. The van der Waals surface area contributed by atoms with Gasteiger partial charge in [0.2, 0.25) is 0 Å². The SMILES string of the molecule is COCC1=C(CN2CCOCC2)NC(c2ccccn2)=NC1(C)c1cc(F)cc(Cl)c1. The van der Waals surface area contributed by atoms with Gasteiger partial charge in [0.1, 0.15) is 17.1 Å². The largest absolute Gasteiger partial charge is 0.380 e. The minimum absolute atomic E-state index is 0.329. The van der Waals surface area contributed by atoms with Gasteiger partial charge in [-0.25, -0.2) is 4.39 Å². The number of halogens is 2. The Morgan fingerprint density at radius 1 is 1.26 bits per heavy atom. The molecule has 1 unspecified atom stereocenters. The van der Waals surface area contributed by atoms with Gasteiger partial charge in [-0.2, -0.15) is 0 Å². The second-order valence-corrected chi connectivity index (χ2v) is 8.25. The van der Waals surface area contributed by atoms with Crippen molar-refractivity contribution >= 4 is 17.4 Å². The fourth-order valence-corrected chi connectivity index (χ4v) is 4.24. The quantitative estimate of drug-likeness (QED) is 0.740. The summed E-state index contributed by atoms with van der Waals surface area (Å²) in [7, 11) is 1.65. The van der Waals surface area contributed by atoms with Crippen LogP contribution >= 0.6 is 11.6 Å². The minimum Gasteiger partial charge on any atom is -0.380 e. The standard InChI is InChI=1S/C23H26ClFN4O2/c1-23(16-11-17(24)13-18(25)12-16)19(15-30-2)21(14-29-7-9-31-10-8-29)27-22(28-23)20-5-3-4-6-26-20/h3-6,11-13H,7-10,14-15H2,1-2H3,(H,27,28). The molecule has 0 radical (unpaired) electrons. The molecule has 1 saturated heterocycles. The first-order chi connectivity index (χ1) is 15.0. The second-order valence-electron chi connectivity index (χ2n) is 7.81. The Kier molecular flexibility index (Phi) is 6.67. The zero-order valence-corrected chi connectivity index (χ0v) is 18.5. The van der Waals surface area contributed by atoms with Crippen molar-refractivity contribution in [3.05, 3.63) is 76.0 Å². The Hall–Kier alpha value is -2.32. The van der Waals surface area contributed by atoms with Crippen molar-refractivity contribution in [3.63, 3.8) is 0 Å². The predicted octanol–water partition coefficient (Wildman–Crippen LogP) is 3.37. The van der Waals surface area contributed by atoms with Gasteiger partial charge >= 0.3 is 0 Å². The van der Waals surface area contributed by atoms with Crippen LogP contribution in [0.3, 0.4) is 0 Å². The van der Waals surface area contributed by atoms with Crippen molar-refractivity contribution in [3.8, 4) is 0 Å². The third-order valence-corrected chi connectivity index (χ3v) is 5.88. The lowest BCUT2D eigenvalue weighted by Crippen LogP contribution is -2.46. The van der Waals surface area contributed by atoms with Gasteiger partial charge in [-0.05, 0) is 42.8 Å². The first-order valence-corrected chi connectivity index (χ1v) is 10.6. The monoisotopic (exact) mass is 444 g/mol. The number of pyridine rings is 1. The third-order valence-electron chi connectivity index (χ3n) is 5.66. The minimum atomic E-state index is -0.874. The van der Waals surface area contributed by atoms with Gasteiger partial charge in [-0.1, -0.05) is 17.7 Å². The van der Waals surface area contributed by atoms with Gasteiger partial charge in [0.05, 0.1) is 19.8 Å². The van der Waals surface area contributed by atoms with Gasteiger partial charge < -0.3 is 14.8 Å². The zero-order chi connectivity index (χ0) is 21.8. The number of methoxy groups -OCH3 is 1. The summed E-state index contributed by atoms with van der Waals surface area (Å²) in [6.45, 7) is 6.06. The van der Waals surface area contributed by atoms with Crippen LogP contribution in [0.2, 0.25) is 5.02 Å². The molecule has 31 heavy (non-hydrogen) atoms. The van der Waals surface area contributed by atoms with Crippen LogP contribution in [0, 0.1) is 5.82 Å². The van der Waals surface area contributed by atoms with Gasteiger partial charge in [0.25, 0.3) is 0 Å². The summed E-state index contributed by atoms with van der Waals surface area (Å²) >= 11 is 6.22. The Morgan fingerprint density at radius 2 is 2.06 bits per heavy atom. The molecule has 8 heteroatoms. The molecule has 2 aromatic rings. The van der Waals surface area contributed by atoms with Gasteiger partial charge in [-0.3, -0.25) is 14.9 Å². The molecule has 0 bridgehead atoms. The molecule has 1 fully saturated rings. The van der Waals surface area contributed by atoms with Gasteiger partial charge in [0.15, 0.2) is 5.84 Å². The lowest BCUT2D eigenvalue weighted by atomic mass is 9.82. The number of rotatable bonds is 6. The summed E-state index contributed by atoms with van der Waals surface area (Å²) in [4.78, 5) is 11.8. The first kappa shape index (κ1) is 21.9. The van der Waals surface area contributed by atoms with Crippen LogP contribution in [-0.4, -0.2) is 62.3 Å². The Bertz CT molecular complexity index is 972. The van der Waals surface area contributed by atoms with E-state index in [-0.39, 0.29) is 0 Å². The number of amidine groups is 1. The molecule has 1 aromatic carbocycles. The number of nitrogens with one attached hydrogen (secondary N) is 1. The molecule has 0 saturated carbocycles. The van der Waals surface area contributed by atoms with E-state index in [1.807, 2.05) is 25.1 Å². The summed E-state index contributed by atoms with van der Waals surface area (Å²) in [5.74, 6) is 0.231. The maximum absolute atomic E-state index is 14.3. The summed E-state index contributed by atoms with van der Waals surface area (Å²) < 4.78 is 25.4. The maximum atomic E-state index is 14.3. The summed E-state index contributed by atoms with van der Waals surface area (Å²) in [6, 6.07) is 10.2. The fourth-order valence-electron chi connectivity index (χ4n) is 4.02. The highest BCUT2D eigenvalue weighted by atomic mass is 35.5. The number of hydrogen-bond donors (Lipinski definition) is 1. The molecule has 6 nitrogen and oxygen atoms in total. The van der Waals surface area contributed by atoms with Crippen molar-refractivity contribution in [2.45, 2.75) is 12.5 Å². The molecular formula is C23H26ClFN4O2. The van der Waals surface area contributed by atoms with Crippen LogP contribution in [0.15, 0.2) is 58.9 Å². The summed E-state index contributed by atoms with van der Waals surface area (Å²) in [6.07, 6.45) is 1.73. The number of aliphatic imine (C=N–C) groups is 1. The topological polar surface area (TPSA) is 59.0 Å². The van der Waals surface area contributed by atoms with E-state index in [1.165, 1.54) is 12.1 Å². The van der Waals surface area contributed by atoms with Crippen molar-refractivity contribution in [2.75, 3.05) is 46.6 Å². The molecule has 0 aliphatic carbocycles. The molecule has 2 aliphatic heterocycles. The second kappa shape index (κ2) is 9.44. The highest BCUT2D eigenvalue weighted by molar-refractivity contribution is 6.30. The van der Waals surface area contributed by atoms with Crippen molar-refractivity contribution in [1.29, 1.82) is 0 Å². The molecule has 2 aliphatic rings. The molecule has 4 rings (SSSR count). The maximum Gasteiger partial charge on any atom is 0.152 e. The molecule has 1 N–H and O–H groups in total. The Balaban J connectivity index is 1.84. The summed E-state index contributed by atoms with van der Waals surface area (Å²) in [5, 5.41) is 3.81. The molecule has 1 atom stereocenters. The normalized spacial score (nSPS) is 22.3. The van der Waals surface area contributed by atoms with E-state index >= 15 is 0 Å². The van der Waals surface area contributed by atoms with E-state index in [0.29, 0.717) is 48.5 Å². The van der Waals surface area contributed by atoms with Crippen LogP contribution in [0.1, 0.15) is 18.2 Å². The van der Waals surface area contributed by atoms with E-state index in [1.54, 1.807) is 19.4 Å². The average Bonchev–Trinajstić information content (AvgIpc) is 2.77.